The molecule has 0 aliphatic carbocycles. The Morgan fingerprint density at radius 3 is 2.86 bits per heavy atom. The standard InChI is InChI=1S/C17H21N3O2/c1-17(11-18)7-8-20(12-17)15(21)9-14-10-22-16(19-14)13-5-3-2-4-6-13/h2-6,10H,7-9,11-12,18H2,1H3. The molecule has 2 aromatic rings. The van der Waals surface area contributed by atoms with Crippen LogP contribution in [0.25, 0.3) is 11.5 Å². The number of benzene rings is 1. The first-order valence-corrected chi connectivity index (χ1v) is 7.57. The van der Waals surface area contributed by atoms with Crippen LogP contribution >= 0.6 is 0 Å². The number of nitrogens with zero attached hydrogens (tertiary/aromatic N) is 2. The van der Waals surface area contributed by atoms with Crippen molar-refractivity contribution in [3.8, 4) is 11.5 Å². The highest BCUT2D eigenvalue weighted by Crippen LogP contribution is 2.29. The molecule has 0 bridgehead atoms. The van der Waals surface area contributed by atoms with Gasteiger partial charge in [0.1, 0.15) is 6.26 Å². The van der Waals surface area contributed by atoms with Crippen molar-refractivity contribution in [2.45, 2.75) is 19.8 Å². The molecule has 5 nitrogen and oxygen atoms in total. The molecule has 22 heavy (non-hydrogen) atoms. The van der Waals surface area contributed by atoms with Crippen molar-refractivity contribution in [2.24, 2.45) is 11.1 Å². The number of hydrogen-bond donors (Lipinski definition) is 1. The summed E-state index contributed by atoms with van der Waals surface area (Å²) in [6.45, 7) is 4.24. The second-order valence-corrected chi connectivity index (χ2v) is 6.27. The van der Waals surface area contributed by atoms with Gasteiger partial charge in [0.2, 0.25) is 11.8 Å². The minimum Gasteiger partial charge on any atom is -0.444 e. The molecule has 1 aliphatic rings. The molecule has 1 saturated heterocycles. The van der Waals surface area contributed by atoms with Crippen LogP contribution in [-0.2, 0) is 11.2 Å². The molecule has 2 heterocycles. The van der Waals surface area contributed by atoms with E-state index in [1.54, 1.807) is 6.26 Å². The van der Waals surface area contributed by atoms with Crippen molar-refractivity contribution in [1.82, 2.24) is 9.88 Å². The van der Waals surface area contributed by atoms with Gasteiger partial charge in [0.25, 0.3) is 0 Å². The third-order valence-electron chi connectivity index (χ3n) is 4.31. The van der Waals surface area contributed by atoms with Gasteiger partial charge in [-0.2, -0.15) is 0 Å². The van der Waals surface area contributed by atoms with Gasteiger partial charge < -0.3 is 15.1 Å². The average molecular weight is 299 g/mol. The third kappa shape index (κ3) is 3.04. The molecule has 116 valence electrons. The lowest BCUT2D eigenvalue weighted by Gasteiger charge is -2.22. The van der Waals surface area contributed by atoms with Crippen LogP contribution in [0.2, 0.25) is 0 Å². The van der Waals surface area contributed by atoms with E-state index in [4.69, 9.17) is 10.2 Å². The van der Waals surface area contributed by atoms with E-state index >= 15 is 0 Å². The average Bonchev–Trinajstić information content (AvgIpc) is 3.16. The predicted octanol–water partition coefficient (Wildman–Crippen LogP) is 2.08. The third-order valence-corrected chi connectivity index (χ3v) is 4.31. The number of likely N-dealkylation sites (tertiary alicyclic amines) is 1. The van der Waals surface area contributed by atoms with Gasteiger partial charge in [-0.15, -0.1) is 0 Å². The molecule has 2 N–H and O–H groups in total. The van der Waals surface area contributed by atoms with Crippen LogP contribution in [0.15, 0.2) is 41.0 Å². The molecule has 0 saturated carbocycles. The first-order chi connectivity index (χ1) is 10.6. The summed E-state index contributed by atoms with van der Waals surface area (Å²) in [5, 5.41) is 0. The number of amides is 1. The molecule has 3 rings (SSSR count). The Bertz CT molecular complexity index is 653. The number of hydrogen-bond acceptors (Lipinski definition) is 4. The van der Waals surface area contributed by atoms with Crippen molar-refractivity contribution in [3.05, 3.63) is 42.3 Å². The van der Waals surface area contributed by atoms with Gasteiger partial charge >= 0.3 is 0 Å². The molecule has 0 radical (unpaired) electrons. The molecular formula is C17H21N3O2. The van der Waals surface area contributed by atoms with Gasteiger partial charge in [0, 0.05) is 18.7 Å². The van der Waals surface area contributed by atoms with E-state index in [-0.39, 0.29) is 17.7 Å². The predicted molar refractivity (Wildman–Crippen MR) is 84.0 cm³/mol. The summed E-state index contributed by atoms with van der Waals surface area (Å²) in [6, 6.07) is 9.68. The summed E-state index contributed by atoms with van der Waals surface area (Å²) in [5.41, 5.74) is 7.42. The lowest BCUT2D eigenvalue weighted by molar-refractivity contribution is -0.129. The van der Waals surface area contributed by atoms with Crippen LogP contribution in [0.1, 0.15) is 19.0 Å². The van der Waals surface area contributed by atoms with Crippen molar-refractivity contribution in [1.29, 1.82) is 0 Å². The zero-order chi connectivity index (χ0) is 15.6. The minimum atomic E-state index is 0.0503. The highest BCUT2D eigenvalue weighted by molar-refractivity contribution is 5.78. The van der Waals surface area contributed by atoms with Crippen LogP contribution < -0.4 is 5.73 Å². The number of aromatic nitrogens is 1. The fourth-order valence-electron chi connectivity index (χ4n) is 2.77. The molecule has 0 spiro atoms. The van der Waals surface area contributed by atoms with E-state index in [1.807, 2.05) is 35.2 Å². The zero-order valence-corrected chi connectivity index (χ0v) is 12.8. The number of rotatable bonds is 4. The van der Waals surface area contributed by atoms with Gasteiger partial charge in [-0.3, -0.25) is 4.79 Å². The Labute approximate surface area is 130 Å². The Balaban J connectivity index is 1.65. The van der Waals surface area contributed by atoms with Crippen molar-refractivity contribution in [3.63, 3.8) is 0 Å². The maximum absolute atomic E-state index is 12.4. The number of nitrogens with two attached hydrogens (primary N) is 1. The second kappa shape index (κ2) is 5.93. The highest BCUT2D eigenvalue weighted by atomic mass is 16.3. The molecule has 1 atom stereocenters. The summed E-state index contributed by atoms with van der Waals surface area (Å²) in [5.74, 6) is 0.640. The molecule has 1 unspecified atom stereocenters. The Kier molecular flexibility index (Phi) is 3.98. The zero-order valence-electron chi connectivity index (χ0n) is 12.8. The van der Waals surface area contributed by atoms with Crippen LogP contribution in [0.3, 0.4) is 0 Å². The Morgan fingerprint density at radius 2 is 2.18 bits per heavy atom. The maximum Gasteiger partial charge on any atom is 0.228 e. The summed E-state index contributed by atoms with van der Waals surface area (Å²) in [4.78, 5) is 18.7. The fraction of sp³-hybridized carbons (Fsp3) is 0.412. The first kappa shape index (κ1) is 14.8. The summed E-state index contributed by atoms with van der Waals surface area (Å²) in [6.07, 6.45) is 2.80. The summed E-state index contributed by atoms with van der Waals surface area (Å²) < 4.78 is 5.47. The van der Waals surface area contributed by atoms with Crippen molar-refractivity contribution >= 4 is 5.91 Å². The lowest BCUT2D eigenvalue weighted by Crippen LogP contribution is -2.35. The van der Waals surface area contributed by atoms with Crippen molar-refractivity contribution < 1.29 is 9.21 Å². The van der Waals surface area contributed by atoms with Crippen LogP contribution in [0, 0.1) is 5.41 Å². The van der Waals surface area contributed by atoms with E-state index in [1.165, 1.54) is 0 Å². The quantitative estimate of drug-likeness (QED) is 0.938. The smallest absolute Gasteiger partial charge is 0.228 e. The minimum absolute atomic E-state index is 0.0503. The number of carbonyl (C=O) groups is 1. The van der Waals surface area contributed by atoms with E-state index in [2.05, 4.69) is 11.9 Å². The second-order valence-electron chi connectivity index (χ2n) is 6.27. The number of oxazole rings is 1. The van der Waals surface area contributed by atoms with Crippen LogP contribution in [0.5, 0.6) is 0 Å². The normalized spacial score (nSPS) is 21.3. The number of carbonyl (C=O) groups excluding carboxylic acids is 1. The van der Waals surface area contributed by atoms with Gasteiger partial charge in [-0.1, -0.05) is 25.1 Å². The van der Waals surface area contributed by atoms with E-state index in [0.717, 1.165) is 25.1 Å². The summed E-state index contributed by atoms with van der Waals surface area (Å²) in [7, 11) is 0. The van der Waals surface area contributed by atoms with E-state index in [0.29, 0.717) is 18.1 Å². The molecule has 1 aromatic heterocycles. The van der Waals surface area contributed by atoms with Gasteiger partial charge in [0.05, 0.1) is 12.1 Å². The van der Waals surface area contributed by atoms with Crippen LogP contribution in [0.4, 0.5) is 0 Å². The van der Waals surface area contributed by atoms with Gasteiger partial charge in [-0.05, 0) is 30.5 Å². The first-order valence-electron chi connectivity index (χ1n) is 7.57. The molecule has 1 aromatic carbocycles. The molecular weight excluding hydrogens is 278 g/mol. The molecule has 1 amide bonds. The Hall–Kier alpha value is -2.14. The fourth-order valence-corrected chi connectivity index (χ4v) is 2.77. The van der Waals surface area contributed by atoms with Crippen LogP contribution in [-0.4, -0.2) is 35.4 Å². The summed E-state index contributed by atoms with van der Waals surface area (Å²) >= 11 is 0. The topological polar surface area (TPSA) is 72.4 Å². The maximum atomic E-state index is 12.4. The highest BCUT2D eigenvalue weighted by Gasteiger charge is 2.34. The lowest BCUT2D eigenvalue weighted by atomic mass is 9.90. The Morgan fingerprint density at radius 1 is 1.41 bits per heavy atom. The van der Waals surface area contributed by atoms with Gasteiger partial charge in [-0.25, -0.2) is 4.98 Å². The molecule has 1 fully saturated rings. The molecule has 1 aliphatic heterocycles. The SMILES string of the molecule is CC1(CN)CCN(C(=O)Cc2coc(-c3ccccc3)n2)C1. The largest absolute Gasteiger partial charge is 0.444 e. The van der Waals surface area contributed by atoms with E-state index in [9.17, 15) is 4.79 Å². The molecule has 5 heteroatoms. The van der Waals surface area contributed by atoms with Gasteiger partial charge in [0.15, 0.2) is 0 Å². The monoisotopic (exact) mass is 299 g/mol. The van der Waals surface area contributed by atoms with Crippen molar-refractivity contribution in [2.75, 3.05) is 19.6 Å². The van der Waals surface area contributed by atoms with E-state index < -0.39 is 0 Å².